The van der Waals surface area contributed by atoms with Crippen molar-refractivity contribution >= 4 is 67.5 Å². The third-order valence-electron chi connectivity index (χ3n) is 3.27. The summed E-state index contributed by atoms with van der Waals surface area (Å²) in [6, 6.07) is 0. The Bertz CT molecular complexity index is 565. The van der Waals surface area contributed by atoms with Crippen LogP contribution in [0.5, 0.6) is 0 Å². The third-order valence-corrected chi connectivity index (χ3v) is 7.17. The Balaban J connectivity index is 3.49. The molecular weight excluding hydrogens is 464 g/mol. The molecule has 0 fully saturated rings. The second kappa shape index (κ2) is 19.4. The van der Waals surface area contributed by atoms with E-state index in [0.29, 0.717) is 55.0 Å². The van der Waals surface area contributed by atoms with Gasteiger partial charge in [-0.15, -0.1) is 0 Å². The molecule has 0 spiro atoms. The van der Waals surface area contributed by atoms with E-state index in [1.165, 1.54) is 35.3 Å². The molecule has 10 heteroatoms. The first kappa shape index (κ1) is 29.7. The van der Waals surface area contributed by atoms with Crippen LogP contribution in [-0.2, 0) is 28.7 Å². The van der Waals surface area contributed by atoms with Gasteiger partial charge in [-0.3, -0.25) is 19.2 Å². The highest BCUT2D eigenvalue weighted by Gasteiger charge is 2.09. The van der Waals surface area contributed by atoms with E-state index in [0.717, 1.165) is 11.8 Å². The fourth-order valence-corrected chi connectivity index (χ4v) is 4.38. The summed E-state index contributed by atoms with van der Waals surface area (Å²) in [5.41, 5.74) is 0.523. The van der Waals surface area contributed by atoms with E-state index in [9.17, 15) is 19.2 Å². The molecule has 0 aliphatic carbocycles. The van der Waals surface area contributed by atoms with Crippen LogP contribution in [0.1, 0.15) is 33.6 Å². The standard InChI is InChI=1S/C20H32O6S4/c1-15(2)19(23)29-13-9-25-7-11-27-17(21)5-6-18(22)28-12-8-26-10-14-30-20(24)16(3)4/h16H,1,5-14H2,2-4H3. The average molecular weight is 497 g/mol. The summed E-state index contributed by atoms with van der Waals surface area (Å²) >= 11 is 4.77. The van der Waals surface area contributed by atoms with Gasteiger partial charge in [0.05, 0.1) is 26.4 Å². The molecule has 0 aromatic carbocycles. The predicted molar refractivity (Wildman–Crippen MR) is 130 cm³/mol. The molecule has 0 aromatic heterocycles. The maximum Gasteiger partial charge on any atom is 0.214 e. The molecule has 0 atom stereocenters. The Hall–Kier alpha value is -0.260. The lowest BCUT2D eigenvalue weighted by molar-refractivity contribution is -0.115. The van der Waals surface area contributed by atoms with Crippen LogP contribution in [0.4, 0.5) is 0 Å². The molecule has 0 heterocycles. The van der Waals surface area contributed by atoms with Gasteiger partial charge in [0.2, 0.25) is 5.12 Å². The summed E-state index contributed by atoms with van der Waals surface area (Å²) in [6.45, 7) is 10.8. The van der Waals surface area contributed by atoms with Crippen molar-refractivity contribution in [3.63, 3.8) is 0 Å². The highest BCUT2D eigenvalue weighted by molar-refractivity contribution is 8.14. The minimum absolute atomic E-state index is 0.0210. The Kier molecular flexibility index (Phi) is 19.3. The molecule has 0 aromatic rings. The molecule has 0 unspecified atom stereocenters. The fraction of sp³-hybridized carbons (Fsp3) is 0.700. The normalized spacial score (nSPS) is 10.9. The molecule has 0 aliphatic rings. The lowest BCUT2D eigenvalue weighted by Gasteiger charge is -2.05. The molecule has 0 bridgehead atoms. The van der Waals surface area contributed by atoms with Gasteiger partial charge in [0.15, 0.2) is 15.3 Å². The maximum absolute atomic E-state index is 11.8. The first-order valence-corrected chi connectivity index (χ1v) is 13.6. The summed E-state index contributed by atoms with van der Waals surface area (Å²) in [4.78, 5) is 46.3. The highest BCUT2D eigenvalue weighted by Crippen LogP contribution is 2.13. The quantitative estimate of drug-likeness (QED) is 0.217. The van der Waals surface area contributed by atoms with E-state index in [2.05, 4.69) is 6.58 Å². The van der Waals surface area contributed by atoms with Gasteiger partial charge >= 0.3 is 0 Å². The van der Waals surface area contributed by atoms with Crippen LogP contribution >= 0.6 is 47.0 Å². The Morgan fingerprint density at radius 1 is 0.733 bits per heavy atom. The van der Waals surface area contributed by atoms with Crippen molar-refractivity contribution in [2.45, 2.75) is 33.6 Å². The lowest BCUT2D eigenvalue weighted by Crippen LogP contribution is -2.08. The summed E-state index contributed by atoms with van der Waals surface area (Å²) in [6.07, 6.45) is 0.435. The summed E-state index contributed by atoms with van der Waals surface area (Å²) in [5, 5.41) is 0.0792. The van der Waals surface area contributed by atoms with Crippen LogP contribution in [0.15, 0.2) is 12.2 Å². The van der Waals surface area contributed by atoms with Crippen molar-refractivity contribution in [1.82, 2.24) is 0 Å². The molecular formula is C20H32O6S4. The number of hydrogen-bond donors (Lipinski definition) is 0. The number of thioether (sulfide) groups is 4. The Labute approximate surface area is 196 Å². The van der Waals surface area contributed by atoms with Crippen molar-refractivity contribution in [2.24, 2.45) is 5.92 Å². The molecule has 172 valence electrons. The van der Waals surface area contributed by atoms with Crippen LogP contribution in [0, 0.1) is 5.92 Å². The Morgan fingerprint density at radius 3 is 1.53 bits per heavy atom. The summed E-state index contributed by atoms with van der Waals surface area (Å²) in [5.74, 6) is 2.29. The predicted octanol–water partition coefficient (Wildman–Crippen LogP) is 4.07. The summed E-state index contributed by atoms with van der Waals surface area (Å²) in [7, 11) is 0. The number of ether oxygens (including phenoxy) is 2. The first-order valence-electron chi connectivity index (χ1n) is 9.70. The van der Waals surface area contributed by atoms with E-state index in [-0.39, 0.29) is 39.2 Å². The van der Waals surface area contributed by atoms with Crippen molar-refractivity contribution in [1.29, 1.82) is 0 Å². The SMILES string of the molecule is C=C(C)C(=O)SCCOCCSC(=O)CCC(=O)SCCOCCSC(=O)C(C)C. The maximum atomic E-state index is 11.8. The van der Waals surface area contributed by atoms with Gasteiger partial charge in [-0.2, -0.15) is 0 Å². The van der Waals surface area contributed by atoms with Gasteiger partial charge < -0.3 is 9.47 Å². The zero-order chi connectivity index (χ0) is 22.8. The monoisotopic (exact) mass is 496 g/mol. The van der Waals surface area contributed by atoms with Crippen molar-refractivity contribution < 1.29 is 28.7 Å². The van der Waals surface area contributed by atoms with E-state index in [4.69, 9.17) is 9.47 Å². The molecule has 0 rings (SSSR count). The molecule has 6 nitrogen and oxygen atoms in total. The largest absolute Gasteiger partial charge is 0.380 e. The second-order valence-corrected chi connectivity index (χ2v) is 10.9. The van der Waals surface area contributed by atoms with Gasteiger partial charge in [0, 0.05) is 41.8 Å². The molecule has 0 N–H and O–H groups in total. The van der Waals surface area contributed by atoms with Gasteiger partial charge in [-0.05, 0) is 12.5 Å². The Morgan fingerprint density at radius 2 is 1.13 bits per heavy atom. The smallest absolute Gasteiger partial charge is 0.214 e. The topological polar surface area (TPSA) is 86.7 Å². The molecule has 0 radical (unpaired) electrons. The minimum Gasteiger partial charge on any atom is -0.380 e. The van der Waals surface area contributed by atoms with Crippen LogP contribution < -0.4 is 0 Å². The first-order chi connectivity index (χ1) is 14.2. The molecule has 30 heavy (non-hydrogen) atoms. The van der Waals surface area contributed by atoms with Crippen molar-refractivity contribution in [3.05, 3.63) is 12.2 Å². The summed E-state index contributed by atoms with van der Waals surface area (Å²) < 4.78 is 10.8. The molecule has 0 amide bonds. The van der Waals surface area contributed by atoms with Crippen LogP contribution in [0.3, 0.4) is 0 Å². The van der Waals surface area contributed by atoms with Gasteiger partial charge in [-0.25, -0.2) is 0 Å². The third kappa shape index (κ3) is 18.5. The zero-order valence-electron chi connectivity index (χ0n) is 17.9. The number of rotatable bonds is 17. The number of carbonyl (C=O) groups is 4. The van der Waals surface area contributed by atoms with Crippen LogP contribution in [0.2, 0.25) is 0 Å². The van der Waals surface area contributed by atoms with Gasteiger partial charge in [0.25, 0.3) is 0 Å². The fourth-order valence-electron chi connectivity index (χ4n) is 1.67. The van der Waals surface area contributed by atoms with Crippen molar-refractivity contribution in [2.75, 3.05) is 49.4 Å². The number of carbonyl (C=O) groups excluding carboxylic acids is 4. The average Bonchev–Trinajstić information content (AvgIpc) is 2.70. The van der Waals surface area contributed by atoms with E-state index < -0.39 is 0 Å². The molecule has 0 saturated carbocycles. The zero-order valence-corrected chi connectivity index (χ0v) is 21.2. The van der Waals surface area contributed by atoms with Crippen molar-refractivity contribution in [3.8, 4) is 0 Å². The van der Waals surface area contributed by atoms with E-state index in [1.54, 1.807) is 6.92 Å². The van der Waals surface area contributed by atoms with E-state index in [1.807, 2.05) is 13.8 Å². The molecule has 0 saturated heterocycles. The van der Waals surface area contributed by atoms with Crippen LogP contribution in [-0.4, -0.2) is 69.9 Å². The van der Waals surface area contributed by atoms with Gasteiger partial charge in [0.1, 0.15) is 0 Å². The second-order valence-electron chi connectivity index (χ2n) is 6.40. The van der Waals surface area contributed by atoms with E-state index >= 15 is 0 Å². The highest BCUT2D eigenvalue weighted by atomic mass is 32.2. The minimum atomic E-state index is -0.0330. The number of hydrogen-bond acceptors (Lipinski definition) is 10. The van der Waals surface area contributed by atoms with Crippen LogP contribution in [0.25, 0.3) is 0 Å². The van der Waals surface area contributed by atoms with Gasteiger partial charge in [-0.1, -0.05) is 67.5 Å². The lowest BCUT2D eigenvalue weighted by atomic mass is 10.3. The molecule has 0 aliphatic heterocycles.